The molecule has 0 saturated carbocycles. The van der Waals surface area contributed by atoms with Crippen molar-refractivity contribution in [1.82, 2.24) is 55.8 Å². The number of halogens is 1. The number of unbranched alkanes of at least 4 members (excludes halogenated alkanes) is 1. The highest BCUT2D eigenvalue weighted by molar-refractivity contribution is 6.33. The molecule has 0 bridgehead atoms. The summed E-state index contributed by atoms with van der Waals surface area (Å²) in [4.78, 5) is 92.9. The number of urea groups is 1. The van der Waals surface area contributed by atoms with E-state index in [9.17, 15) is 28.8 Å². The van der Waals surface area contributed by atoms with Crippen LogP contribution in [0.1, 0.15) is 72.8 Å². The third-order valence-electron chi connectivity index (χ3n) is 14.5. The van der Waals surface area contributed by atoms with Gasteiger partial charge in [0.15, 0.2) is 24.0 Å². The average Bonchev–Trinajstić information content (AvgIpc) is 4.06. The van der Waals surface area contributed by atoms with Crippen LogP contribution in [0.2, 0.25) is 5.02 Å². The number of rotatable bonds is 23. The van der Waals surface area contributed by atoms with Crippen LogP contribution in [0.25, 0.3) is 10.9 Å². The number of pyridine rings is 1. The van der Waals surface area contributed by atoms with Crippen LogP contribution < -0.4 is 57.2 Å². The number of aryl methyl sites for hydroxylation is 1. The molecule has 23 nitrogen and oxygen atoms in total. The molecule has 1 atom stereocenters. The Balaban J connectivity index is 0.723. The molecule has 8 rings (SSSR count). The van der Waals surface area contributed by atoms with Gasteiger partial charge < -0.3 is 66.0 Å². The van der Waals surface area contributed by atoms with Crippen molar-refractivity contribution in [3.8, 4) is 11.5 Å². The van der Waals surface area contributed by atoms with Crippen LogP contribution in [0.5, 0.6) is 11.5 Å². The molecule has 6 aromatic rings. The van der Waals surface area contributed by atoms with Crippen LogP contribution in [0.15, 0.2) is 95.9 Å². The van der Waals surface area contributed by atoms with Crippen molar-refractivity contribution in [2.75, 3.05) is 95.0 Å². The van der Waals surface area contributed by atoms with E-state index >= 15 is 0 Å². The third kappa shape index (κ3) is 14.3. The second-order valence-corrected chi connectivity index (χ2v) is 20.8. The maximum absolute atomic E-state index is 13.7. The number of H-pyrrole nitrogens is 1. The van der Waals surface area contributed by atoms with Gasteiger partial charge in [-0.25, -0.2) is 9.78 Å². The van der Waals surface area contributed by atoms with Crippen LogP contribution in [-0.4, -0.2) is 138 Å². The Bertz CT molecular complexity index is 3320. The number of hydrogen-bond donors (Lipinski definition) is 8. The Hall–Kier alpha value is -8.54. The quantitative estimate of drug-likeness (QED) is 0.0278. The van der Waals surface area contributed by atoms with Crippen molar-refractivity contribution in [3.05, 3.63) is 129 Å². The maximum Gasteiger partial charge on any atom is 0.319 e. The molecule has 24 heteroatoms. The van der Waals surface area contributed by atoms with Gasteiger partial charge in [0.05, 0.1) is 42.6 Å². The lowest BCUT2D eigenvalue weighted by Gasteiger charge is -2.33. The van der Waals surface area contributed by atoms with Gasteiger partial charge in [0.1, 0.15) is 10.8 Å². The van der Waals surface area contributed by atoms with Gasteiger partial charge in [-0.05, 0) is 102 Å². The monoisotopic (exact) mass is 1130 g/mol. The summed E-state index contributed by atoms with van der Waals surface area (Å²) in [7, 11) is 8.39. The number of nitrogens with one attached hydrogen (secondary N) is 8. The number of piperidine rings is 1. The van der Waals surface area contributed by atoms with E-state index in [0.29, 0.717) is 96.7 Å². The summed E-state index contributed by atoms with van der Waals surface area (Å²) in [6, 6.07) is 20.9. The molecule has 3 aromatic carbocycles. The number of aromatic amines is 1. The number of hydrogen-bond acceptors (Lipinski definition) is 15. The van der Waals surface area contributed by atoms with Crippen molar-refractivity contribution < 1.29 is 33.4 Å². The van der Waals surface area contributed by atoms with E-state index in [1.807, 2.05) is 63.2 Å². The van der Waals surface area contributed by atoms with Crippen LogP contribution in [0, 0.1) is 5.92 Å². The fourth-order valence-electron chi connectivity index (χ4n) is 9.87. The van der Waals surface area contributed by atoms with Crippen molar-refractivity contribution in [3.63, 3.8) is 0 Å². The molecule has 1 saturated heterocycles. The number of carbonyl (C=O) groups is 5. The first kappa shape index (κ1) is 58.6. The highest BCUT2D eigenvalue weighted by Crippen LogP contribution is 2.41. The Labute approximate surface area is 474 Å². The lowest BCUT2D eigenvalue weighted by atomic mass is 9.96. The van der Waals surface area contributed by atoms with Crippen LogP contribution >= 0.6 is 11.6 Å². The lowest BCUT2D eigenvalue weighted by molar-refractivity contribution is -0.125. The number of amides is 6. The molecular weight excluding hydrogens is 1060 g/mol. The van der Waals surface area contributed by atoms with Gasteiger partial charge in [-0.15, -0.1) is 0 Å². The largest absolute Gasteiger partial charge is 0.494 e. The minimum absolute atomic E-state index is 0.00749. The smallest absolute Gasteiger partial charge is 0.319 e. The predicted molar refractivity (Wildman–Crippen MR) is 311 cm³/mol. The SMILES string of the molecule is CNC[C@@H](NC(=O)N1Cc2c(NC(=O)c3ccc(NC(=O)/C=C/CN(C)CCCCNC(=O)C4CCN(c5ncc(Cl)c(Nc6cc(OC)c7c(c6)cc(OCC(=O)NC)c(=O)n7C)n5)CC4)cc3)n[nH]c2C1(C)C)c1ccccc1. The van der Waals surface area contributed by atoms with E-state index in [4.69, 9.17) is 26.1 Å². The maximum atomic E-state index is 13.7. The van der Waals surface area contributed by atoms with Crippen molar-refractivity contribution in [2.45, 2.75) is 57.7 Å². The molecule has 81 heavy (non-hydrogen) atoms. The second kappa shape index (κ2) is 26.6. The number of likely N-dealkylation sites (N-methyl/N-ethyl adjacent to an activating group) is 3. The number of benzene rings is 3. The molecule has 8 N–H and O–H groups in total. The first-order valence-electron chi connectivity index (χ1n) is 26.8. The molecule has 1 fully saturated rings. The van der Waals surface area contributed by atoms with Crippen LogP contribution in [0.3, 0.4) is 0 Å². The summed E-state index contributed by atoms with van der Waals surface area (Å²) in [5.74, 6) is 0.407. The fraction of sp³-hybridized carbons (Fsp3) is 0.386. The molecule has 3 aromatic heterocycles. The Morgan fingerprint density at radius 1 is 0.951 bits per heavy atom. The highest BCUT2D eigenvalue weighted by atomic mass is 35.5. The molecule has 6 amide bonds. The van der Waals surface area contributed by atoms with E-state index < -0.39 is 11.1 Å². The molecule has 5 heterocycles. The Morgan fingerprint density at radius 3 is 2.42 bits per heavy atom. The minimum Gasteiger partial charge on any atom is -0.494 e. The van der Waals surface area contributed by atoms with Crippen molar-refractivity contribution >= 4 is 81.1 Å². The Morgan fingerprint density at radius 2 is 1.70 bits per heavy atom. The zero-order chi connectivity index (χ0) is 57.8. The molecule has 2 aliphatic rings. The predicted octanol–water partition coefficient (Wildman–Crippen LogP) is 5.79. The minimum atomic E-state index is -0.718. The molecule has 428 valence electrons. The van der Waals surface area contributed by atoms with Crippen molar-refractivity contribution in [1.29, 1.82) is 0 Å². The normalized spacial score (nSPS) is 14.4. The van der Waals surface area contributed by atoms with E-state index in [-0.39, 0.29) is 65.5 Å². The number of ether oxygens (including phenoxy) is 2. The first-order chi connectivity index (χ1) is 39.0. The van der Waals surface area contributed by atoms with E-state index in [1.165, 1.54) is 31.0 Å². The number of aromatic nitrogens is 5. The number of nitrogens with zero attached hydrogens (tertiary/aromatic N) is 7. The number of carbonyl (C=O) groups excluding carboxylic acids is 5. The Kier molecular flexibility index (Phi) is 19.3. The molecule has 0 spiro atoms. The van der Waals surface area contributed by atoms with Gasteiger partial charge >= 0.3 is 6.03 Å². The molecule has 0 radical (unpaired) electrons. The third-order valence-corrected chi connectivity index (χ3v) is 14.7. The topological polar surface area (TPSA) is 274 Å². The summed E-state index contributed by atoms with van der Waals surface area (Å²) in [5, 5.41) is 29.2. The van der Waals surface area contributed by atoms with Gasteiger partial charge in [0.2, 0.25) is 17.8 Å². The first-order valence-corrected chi connectivity index (χ1v) is 27.2. The van der Waals surface area contributed by atoms with Crippen LogP contribution in [0.4, 0.5) is 33.8 Å². The van der Waals surface area contributed by atoms with Gasteiger partial charge in [0.25, 0.3) is 17.4 Å². The highest BCUT2D eigenvalue weighted by Gasteiger charge is 2.44. The molecule has 0 unspecified atom stereocenters. The van der Waals surface area contributed by atoms with Gasteiger partial charge in [-0.1, -0.05) is 48.0 Å². The van der Waals surface area contributed by atoms with Gasteiger partial charge in [-0.3, -0.25) is 29.1 Å². The molecule has 2 aliphatic heterocycles. The number of anilines is 5. The second-order valence-electron chi connectivity index (χ2n) is 20.4. The van der Waals surface area contributed by atoms with Crippen molar-refractivity contribution in [2.24, 2.45) is 13.0 Å². The molecule has 0 aliphatic carbocycles. The molecular formula is C57H70ClN15O8. The zero-order valence-corrected chi connectivity index (χ0v) is 47.3. The zero-order valence-electron chi connectivity index (χ0n) is 46.6. The fourth-order valence-corrected chi connectivity index (χ4v) is 10.0. The van der Waals surface area contributed by atoms with E-state index in [1.54, 1.807) is 60.5 Å². The van der Waals surface area contributed by atoms with E-state index in [2.05, 4.69) is 57.3 Å². The summed E-state index contributed by atoms with van der Waals surface area (Å²) < 4.78 is 12.6. The standard InChI is InChI=1S/C57H70ClN15O8/c1-57(2)49-41(33-73(57)56(79)65-43(32-59-3)35-14-9-8-10-15-35)50(69-68-49)66-53(77)36-17-19-39(20-18-36)63-46(74)16-13-25-70(5)24-12-11-23-61-52(76)37-21-26-72(27-22-37)55-62-31-42(58)51(67-55)64-40-28-38-29-45(81-34-47(75)60-4)54(78)71(6)48(38)44(30-40)80-7/h8-10,13-20,28-31,37,43,59H,11-12,21-27,32-34H2,1-7H3,(H,60,75)(H,61,76)(H,63,74)(H,65,79)(H,62,64,67)(H2,66,68,69,77)/b16-13+/t43-/m1/s1. The summed E-state index contributed by atoms with van der Waals surface area (Å²) in [6.07, 6.45) is 7.69. The summed E-state index contributed by atoms with van der Waals surface area (Å²) in [5.41, 5.74) is 3.31. The van der Waals surface area contributed by atoms with Gasteiger partial charge in [-0.2, -0.15) is 10.1 Å². The summed E-state index contributed by atoms with van der Waals surface area (Å²) in [6.45, 7) is 7.37. The number of methoxy groups -OCH3 is 1. The number of fused-ring (bicyclic) bond motifs is 2. The summed E-state index contributed by atoms with van der Waals surface area (Å²) >= 11 is 6.58. The van der Waals surface area contributed by atoms with Gasteiger partial charge in [0, 0.05) is 92.8 Å². The average molecular weight is 1130 g/mol. The lowest BCUT2D eigenvalue weighted by Crippen LogP contribution is -2.48. The van der Waals surface area contributed by atoms with Crippen LogP contribution in [-0.2, 0) is 33.5 Å². The van der Waals surface area contributed by atoms with E-state index in [0.717, 1.165) is 36.2 Å².